The predicted molar refractivity (Wildman–Crippen MR) is 99.0 cm³/mol. The van der Waals surface area contributed by atoms with Gasteiger partial charge in [-0.15, -0.1) is 0 Å². The summed E-state index contributed by atoms with van der Waals surface area (Å²) >= 11 is 0. The van der Waals surface area contributed by atoms with Gasteiger partial charge in [-0.25, -0.2) is 0 Å². The van der Waals surface area contributed by atoms with Crippen LogP contribution in [0.3, 0.4) is 0 Å². The molecule has 0 atom stereocenters. The molecule has 3 rings (SSSR count). The molecule has 2 aromatic carbocycles. The van der Waals surface area contributed by atoms with Gasteiger partial charge in [0.15, 0.2) is 0 Å². The third kappa shape index (κ3) is 4.33. The molecular weight excluding hydrogens is 296 g/mol. The highest BCUT2D eigenvalue weighted by Gasteiger charge is 2.17. The summed E-state index contributed by atoms with van der Waals surface area (Å²) in [5.41, 5.74) is 5.52. The fourth-order valence-electron chi connectivity index (χ4n) is 3.06. The van der Waals surface area contributed by atoms with E-state index in [2.05, 4.69) is 47.5 Å². The van der Waals surface area contributed by atoms with Crippen LogP contribution in [0, 0.1) is 13.8 Å². The average molecular weight is 320 g/mol. The maximum atomic E-state index is 12.4. The summed E-state index contributed by atoms with van der Waals surface area (Å²) in [4.78, 5) is 14.8. The van der Waals surface area contributed by atoms with Gasteiger partial charge < -0.3 is 5.32 Å². The number of benzene rings is 2. The SMILES string of the molecule is Cc1cccc(CN2CC=C(C(=O)Nc3cccc(C)c3)CC2)c1. The van der Waals surface area contributed by atoms with Crippen LogP contribution in [0.15, 0.2) is 60.2 Å². The van der Waals surface area contributed by atoms with Crippen LogP contribution >= 0.6 is 0 Å². The molecular formula is C21H24N2O. The fraction of sp³-hybridized carbons (Fsp3) is 0.286. The molecule has 0 spiro atoms. The summed E-state index contributed by atoms with van der Waals surface area (Å²) in [6.45, 7) is 6.82. The van der Waals surface area contributed by atoms with E-state index < -0.39 is 0 Å². The number of aryl methyl sites for hydroxylation is 2. The second-order valence-corrected chi connectivity index (χ2v) is 6.53. The Morgan fingerprint density at radius 2 is 1.83 bits per heavy atom. The molecule has 0 aliphatic carbocycles. The van der Waals surface area contributed by atoms with Gasteiger partial charge in [0, 0.05) is 30.9 Å². The quantitative estimate of drug-likeness (QED) is 0.921. The maximum Gasteiger partial charge on any atom is 0.251 e. The van der Waals surface area contributed by atoms with Gasteiger partial charge in [-0.05, 0) is 43.5 Å². The van der Waals surface area contributed by atoms with Crippen LogP contribution in [0.4, 0.5) is 5.69 Å². The highest BCUT2D eigenvalue weighted by molar-refractivity contribution is 6.03. The lowest BCUT2D eigenvalue weighted by atomic mass is 10.1. The van der Waals surface area contributed by atoms with Crippen LogP contribution in [0.1, 0.15) is 23.1 Å². The van der Waals surface area contributed by atoms with Crippen molar-refractivity contribution in [3.8, 4) is 0 Å². The van der Waals surface area contributed by atoms with Crippen molar-refractivity contribution in [2.24, 2.45) is 0 Å². The number of nitrogens with zero attached hydrogens (tertiary/aromatic N) is 1. The minimum absolute atomic E-state index is 0.0239. The second-order valence-electron chi connectivity index (χ2n) is 6.53. The topological polar surface area (TPSA) is 32.3 Å². The van der Waals surface area contributed by atoms with Crippen molar-refractivity contribution in [3.05, 3.63) is 76.9 Å². The van der Waals surface area contributed by atoms with E-state index in [1.165, 1.54) is 11.1 Å². The first-order chi connectivity index (χ1) is 11.6. The number of amides is 1. The smallest absolute Gasteiger partial charge is 0.251 e. The van der Waals surface area contributed by atoms with Crippen molar-refractivity contribution in [2.45, 2.75) is 26.8 Å². The molecule has 1 aliphatic heterocycles. The molecule has 2 aromatic rings. The molecule has 124 valence electrons. The van der Waals surface area contributed by atoms with Crippen LogP contribution in [-0.4, -0.2) is 23.9 Å². The molecule has 1 amide bonds. The van der Waals surface area contributed by atoms with Gasteiger partial charge in [0.2, 0.25) is 0 Å². The highest BCUT2D eigenvalue weighted by Crippen LogP contribution is 2.17. The van der Waals surface area contributed by atoms with E-state index in [-0.39, 0.29) is 5.91 Å². The van der Waals surface area contributed by atoms with Gasteiger partial charge in [0.1, 0.15) is 0 Å². The van der Waals surface area contributed by atoms with Crippen molar-refractivity contribution in [1.82, 2.24) is 4.90 Å². The Morgan fingerprint density at radius 1 is 1.08 bits per heavy atom. The number of hydrogen-bond acceptors (Lipinski definition) is 2. The number of anilines is 1. The van der Waals surface area contributed by atoms with Gasteiger partial charge in [-0.1, -0.05) is 48.0 Å². The Kier molecular flexibility index (Phi) is 5.11. The monoisotopic (exact) mass is 320 g/mol. The fourth-order valence-corrected chi connectivity index (χ4v) is 3.06. The highest BCUT2D eigenvalue weighted by atomic mass is 16.1. The van der Waals surface area contributed by atoms with Crippen LogP contribution in [-0.2, 0) is 11.3 Å². The molecule has 3 heteroatoms. The van der Waals surface area contributed by atoms with Gasteiger partial charge in [0.05, 0.1) is 0 Å². The molecule has 0 radical (unpaired) electrons. The molecule has 0 unspecified atom stereocenters. The van der Waals surface area contributed by atoms with Gasteiger partial charge in [0.25, 0.3) is 5.91 Å². The molecule has 0 bridgehead atoms. The number of hydrogen-bond donors (Lipinski definition) is 1. The summed E-state index contributed by atoms with van der Waals surface area (Å²) in [5, 5.41) is 3.00. The lowest BCUT2D eigenvalue weighted by Crippen LogP contribution is -2.31. The minimum Gasteiger partial charge on any atom is -0.322 e. The van der Waals surface area contributed by atoms with E-state index in [1.807, 2.05) is 31.2 Å². The lowest BCUT2D eigenvalue weighted by molar-refractivity contribution is -0.113. The van der Waals surface area contributed by atoms with Crippen LogP contribution in [0.2, 0.25) is 0 Å². The molecule has 24 heavy (non-hydrogen) atoms. The van der Waals surface area contributed by atoms with E-state index >= 15 is 0 Å². The Balaban J connectivity index is 1.57. The van der Waals surface area contributed by atoms with Crippen molar-refractivity contribution in [2.75, 3.05) is 18.4 Å². The number of carbonyl (C=O) groups is 1. The normalized spacial score (nSPS) is 15.0. The Hall–Kier alpha value is -2.39. The van der Waals surface area contributed by atoms with Crippen molar-refractivity contribution < 1.29 is 4.79 Å². The van der Waals surface area contributed by atoms with Gasteiger partial charge in [-0.3, -0.25) is 9.69 Å². The number of rotatable bonds is 4. The minimum atomic E-state index is 0.0239. The van der Waals surface area contributed by atoms with Crippen LogP contribution in [0.5, 0.6) is 0 Å². The molecule has 1 N–H and O–H groups in total. The van der Waals surface area contributed by atoms with E-state index in [4.69, 9.17) is 0 Å². The first-order valence-corrected chi connectivity index (χ1v) is 8.45. The van der Waals surface area contributed by atoms with E-state index in [0.29, 0.717) is 0 Å². The summed E-state index contributed by atoms with van der Waals surface area (Å²) in [7, 11) is 0. The van der Waals surface area contributed by atoms with Crippen LogP contribution < -0.4 is 5.32 Å². The Morgan fingerprint density at radius 3 is 2.50 bits per heavy atom. The van der Waals surface area contributed by atoms with E-state index in [1.54, 1.807) is 0 Å². The number of nitrogens with one attached hydrogen (secondary N) is 1. The predicted octanol–water partition coefficient (Wildman–Crippen LogP) is 4.07. The van der Waals surface area contributed by atoms with Gasteiger partial charge in [-0.2, -0.15) is 0 Å². The summed E-state index contributed by atoms with van der Waals surface area (Å²) in [6, 6.07) is 16.5. The summed E-state index contributed by atoms with van der Waals surface area (Å²) in [6.07, 6.45) is 2.86. The summed E-state index contributed by atoms with van der Waals surface area (Å²) < 4.78 is 0. The standard InChI is InChI=1S/C21H24N2O/c1-16-5-3-7-18(13-16)15-23-11-9-19(10-12-23)21(24)22-20-8-4-6-17(2)14-20/h3-9,13-14H,10-12,15H2,1-2H3,(H,22,24). The Labute approximate surface area is 144 Å². The number of carbonyl (C=O) groups excluding carboxylic acids is 1. The molecule has 1 aliphatic rings. The molecule has 0 fully saturated rings. The molecule has 3 nitrogen and oxygen atoms in total. The average Bonchev–Trinajstić information content (AvgIpc) is 2.55. The zero-order valence-corrected chi connectivity index (χ0v) is 14.4. The summed E-state index contributed by atoms with van der Waals surface area (Å²) in [5.74, 6) is 0.0239. The zero-order chi connectivity index (χ0) is 16.9. The third-order valence-electron chi connectivity index (χ3n) is 4.35. The lowest BCUT2D eigenvalue weighted by Gasteiger charge is -2.26. The zero-order valence-electron chi connectivity index (χ0n) is 14.4. The maximum absolute atomic E-state index is 12.4. The van der Waals surface area contributed by atoms with Crippen molar-refractivity contribution in [3.63, 3.8) is 0 Å². The second kappa shape index (κ2) is 7.45. The van der Waals surface area contributed by atoms with Crippen LogP contribution in [0.25, 0.3) is 0 Å². The van der Waals surface area contributed by atoms with Crippen molar-refractivity contribution >= 4 is 11.6 Å². The third-order valence-corrected chi connectivity index (χ3v) is 4.35. The molecule has 0 aromatic heterocycles. The first-order valence-electron chi connectivity index (χ1n) is 8.45. The van der Waals surface area contributed by atoms with Crippen molar-refractivity contribution in [1.29, 1.82) is 0 Å². The molecule has 1 heterocycles. The van der Waals surface area contributed by atoms with E-state index in [0.717, 1.165) is 42.9 Å². The van der Waals surface area contributed by atoms with E-state index in [9.17, 15) is 4.79 Å². The first kappa shape index (κ1) is 16.5. The van der Waals surface area contributed by atoms with Gasteiger partial charge >= 0.3 is 0 Å². The Bertz CT molecular complexity index is 764. The largest absolute Gasteiger partial charge is 0.322 e. The molecule has 0 saturated heterocycles. The molecule has 0 saturated carbocycles.